The molecule has 0 aromatic heterocycles. The molecule has 116 valence electrons. The predicted octanol–water partition coefficient (Wildman–Crippen LogP) is 4.87. The maximum Gasteiger partial charge on any atom is 0.00833 e. The molecule has 0 spiro atoms. The smallest absolute Gasteiger partial charge is 0.00833 e. The van der Waals surface area contributed by atoms with E-state index in [-0.39, 0.29) is 0 Å². The third-order valence-electron chi connectivity index (χ3n) is 5.74. The van der Waals surface area contributed by atoms with Crippen molar-refractivity contribution < 1.29 is 0 Å². The highest BCUT2D eigenvalue weighted by atomic mass is 15.0. The summed E-state index contributed by atoms with van der Waals surface area (Å²) in [5.41, 5.74) is 3.44. The van der Waals surface area contributed by atoms with Gasteiger partial charge in [-0.15, -0.1) is 0 Å². The second-order valence-electron chi connectivity index (χ2n) is 8.12. The molecule has 2 aliphatic rings. The number of rotatable bonds is 6. The standard InChI is InChI=1S/C20H31N/c1-14(2)16-5-7-18(8-6-16)20(13-21-19-9-10-19)11-17(12-20)15(3)4/h5-8,14-15,17,19,21H,9-13H2,1-4H3. The lowest BCUT2D eigenvalue weighted by Gasteiger charge is -2.50. The molecule has 0 bridgehead atoms. The summed E-state index contributed by atoms with van der Waals surface area (Å²) in [7, 11) is 0. The minimum atomic E-state index is 0.410. The number of hydrogen-bond acceptors (Lipinski definition) is 1. The molecule has 1 heteroatoms. The van der Waals surface area contributed by atoms with E-state index < -0.39 is 0 Å². The van der Waals surface area contributed by atoms with Gasteiger partial charge in [0, 0.05) is 18.0 Å². The third kappa shape index (κ3) is 3.18. The van der Waals surface area contributed by atoms with Gasteiger partial charge in [0.15, 0.2) is 0 Å². The van der Waals surface area contributed by atoms with E-state index in [1.807, 2.05) is 0 Å². The second-order valence-corrected chi connectivity index (χ2v) is 8.12. The van der Waals surface area contributed by atoms with Gasteiger partial charge in [0.05, 0.1) is 0 Å². The van der Waals surface area contributed by atoms with Gasteiger partial charge in [0.1, 0.15) is 0 Å². The molecule has 0 radical (unpaired) electrons. The van der Waals surface area contributed by atoms with E-state index >= 15 is 0 Å². The van der Waals surface area contributed by atoms with E-state index in [0.29, 0.717) is 11.3 Å². The lowest BCUT2D eigenvalue weighted by molar-refractivity contribution is 0.0973. The van der Waals surface area contributed by atoms with E-state index in [4.69, 9.17) is 0 Å². The van der Waals surface area contributed by atoms with Gasteiger partial charge in [-0.2, -0.15) is 0 Å². The van der Waals surface area contributed by atoms with Gasteiger partial charge in [0.25, 0.3) is 0 Å². The van der Waals surface area contributed by atoms with Crippen LogP contribution >= 0.6 is 0 Å². The molecule has 1 aromatic carbocycles. The summed E-state index contributed by atoms with van der Waals surface area (Å²) >= 11 is 0. The maximum atomic E-state index is 3.79. The van der Waals surface area contributed by atoms with Crippen molar-refractivity contribution >= 4 is 0 Å². The fourth-order valence-electron chi connectivity index (χ4n) is 3.75. The third-order valence-corrected chi connectivity index (χ3v) is 5.74. The normalized spacial score (nSPS) is 29.0. The van der Waals surface area contributed by atoms with Gasteiger partial charge in [-0.05, 0) is 54.6 Å². The molecule has 21 heavy (non-hydrogen) atoms. The van der Waals surface area contributed by atoms with E-state index in [0.717, 1.165) is 17.9 Å². The first-order valence-electron chi connectivity index (χ1n) is 8.84. The summed E-state index contributed by atoms with van der Waals surface area (Å²) in [5, 5.41) is 3.79. The van der Waals surface area contributed by atoms with E-state index in [1.54, 1.807) is 5.56 Å². The zero-order chi connectivity index (χ0) is 15.0. The van der Waals surface area contributed by atoms with Crippen molar-refractivity contribution in [2.75, 3.05) is 6.54 Å². The van der Waals surface area contributed by atoms with Crippen LogP contribution in [0.15, 0.2) is 24.3 Å². The lowest BCUT2D eigenvalue weighted by Crippen LogP contribution is -2.50. The monoisotopic (exact) mass is 285 g/mol. The quantitative estimate of drug-likeness (QED) is 0.786. The Bertz CT molecular complexity index is 456. The predicted molar refractivity (Wildman–Crippen MR) is 90.8 cm³/mol. The summed E-state index contributed by atoms with van der Waals surface area (Å²) in [6.07, 6.45) is 5.50. The molecule has 2 saturated carbocycles. The minimum Gasteiger partial charge on any atom is -0.313 e. The molecule has 2 fully saturated rings. The van der Waals surface area contributed by atoms with Crippen LogP contribution < -0.4 is 5.32 Å². The van der Waals surface area contributed by atoms with Gasteiger partial charge < -0.3 is 5.32 Å². The van der Waals surface area contributed by atoms with Gasteiger partial charge in [-0.1, -0.05) is 52.0 Å². The van der Waals surface area contributed by atoms with Crippen LogP contribution in [0, 0.1) is 11.8 Å². The molecule has 1 aromatic rings. The molecule has 0 aliphatic heterocycles. The highest BCUT2D eigenvalue weighted by Gasteiger charge is 2.46. The Morgan fingerprint density at radius 3 is 2.14 bits per heavy atom. The molecule has 1 nitrogen and oxygen atoms in total. The van der Waals surface area contributed by atoms with E-state index in [1.165, 1.54) is 37.8 Å². The van der Waals surface area contributed by atoms with Gasteiger partial charge >= 0.3 is 0 Å². The molecule has 0 amide bonds. The average molecular weight is 285 g/mol. The van der Waals surface area contributed by atoms with Crippen LogP contribution in [-0.4, -0.2) is 12.6 Å². The Morgan fingerprint density at radius 1 is 1.05 bits per heavy atom. The van der Waals surface area contributed by atoms with Crippen molar-refractivity contribution in [3.63, 3.8) is 0 Å². The fraction of sp³-hybridized carbons (Fsp3) is 0.700. The first kappa shape index (κ1) is 15.1. The van der Waals surface area contributed by atoms with Gasteiger partial charge in [-0.25, -0.2) is 0 Å². The highest BCUT2D eigenvalue weighted by Crippen LogP contribution is 2.50. The van der Waals surface area contributed by atoms with Crippen LogP contribution in [0.2, 0.25) is 0 Å². The lowest BCUT2D eigenvalue weighted by atomic mass is 9.55. The Kier molecular flexibility index (Phi) is 4.14. The first-order chi connectivity index (χ1) is 10.00. The second kappa shape index (κ2) is 5.76. The maximum absolute atomic E-state index is 3.79. The SMILES string of the molecule is CC(C)c1ccc(C2(CNC3CC3)CC(C(C)C)C2)cc1. The molecule has 2 aliphatic carbocycles. The minimum absolute atomic E-state index is 0.410. The molecular formula is C20H31N. The van der Waals surface area contributed by atoms with Crippen LogP contribution in [0.5, 0.6) is 0 Å². The zero-order valence-corrected chi connectivity index (χ0v) is 14.2. The Labute approximate surface area is 130 Å². The van der Waals surface area contributed by atoms with Crippen LogP contribution in [-0.2, 0) is 5.41 Å². The summed E-state index contributed by atoms with van der Waals surface area (Å²) < 4.78 is 0. The summed E-state index contributed by atoms with van der Waals surface area (Å²) in [6, 6.07) is 10.3. The van der Waals surface area contributed by atoms with Crippen molar-refractivity contribution in [3.8, 4) is 0 Å². The van der Waals surface area contributed by atoms with Gasteiger partial charge in [-0.3, -0.25) is 0 Å². The van der Waals surface area contributed by atoms with E-state index in [9.17, 15) is 0 Å². The molecule has 3 rings (SSSR count). The highest BCUT2D eigenvalue weighted by molar-refractivity contribution is 5.33. The van der Waals surface area contributed by atoms with Gasteiger partial charge in [0.2, 0.25) is 0 Å². The largest absolute Gasteiger partial charge is 0.313 e. The number of nitrogens with one attached hydrogen (secondary N) is 1. The fourth-order valence-corrected chi connectivity index (χ4v) is 3.75. The molecular weight excluding hydrogens is 254 g/mol. The van der Waals surface area contributed by atoms with Crippen molar-refractivity contribution in [2.45, 2.75) is 70.8 Å². The summed E-state index contributed by atoms with van der Waals surface area (Å²) in [4.78, 5) is 0. The topological polar surface area (TPSA) is 12.0 Å². The molecule has 1 N–H and O–H groups in total. The molecule has 0 unspecified atom stereocenters. The zero-order valence-electron chi connectivity index (χ0n) is 14.2. The van der Waals surface area contributed by atoms with Crippen LogP contribution in [0.4, 0.5) is 0 Å². The Balaban J connectivity index is 1.74. The van der Waals surface area contributed by atoms with Crippen molar-refractivity contribution in [1.82, 2.24) is 5.32 Å². The number of hydrogen-bond donors (Lipinski definition) is 1. The van der Waals surface area contributed by atoms with Crippen molar-refractivity contribution in [2.24, 2.45) is 11.8 Å². The summed E-state index contributed by atoms with van der Waals surface area (Å²) in [6.45, 7) is 10.5. The first-order valence-corrected chi connectivity index (χ1v) is 8.84. The van der Waals surface area contributed by atoms with Crippen molar-refractivity contribution in [3.05, 3.63) is 35.4 Å². The van der Waals surface area contributed by atoms with Crippen LogP contribution in [0.25, 0.3) is 0 Å². The summed E-state index contributed by atoms with van der Waals surface area (Å²) in [5.74, 6) is 2.37. The van der Waals surface area contributed by atoms with Crippen LogP contribution in [0.1, 0.15) is 70.4 Å². The Hall–Kier alpha value is -0.820. The Morgan fingerprint density at radius 2 is 1.67 bits per heavy atom. The average Bonchev–Trinajstić information content (AvgIpc) is 3.21. The molecule has 0 saturated heterocycles. The van der Waals surface area contributed by atoms with E-state index in [2.05, 4.69) is 57.3 Å². The number of benzene rings is 1. The van der Waals surface area contributed by atoms with Crippen molar-refractivity contribution in [1.29, 1.82) is 0 Å². The molecule has 0 atom stereocenters. The molecule has 0 heterocycles. The van der Waals surface area contributed by atoms with Crippen LogP contribution in [0.3, 0.4) is 0 Å².